The predicted octanol–water partition coefficient (Wildman–Crippen LogP) is 3.16. The topological polar surface area (TPSA) is 20.3 Å². The number of benzene rings is 1. The van der Waals surface area contributed by atoms with Crippen LogP contribution >= 0.6 is 11.6 Å². The molecule has 0 aliphatic carbocycles. The van der Waals surface area contributed by atoms with E-state index in [4.69, 9.17) is 11.6 Å². The molecular formula is C15H16ClNO. The fourth-order valence-electron chi connectivity index (χ4n) is 3.10. The Hall–Kier alpha value is -1.12. The Balaban J connectivity index is 1.97. The zero-order valence-corrected chi connectivity index (χ0v) is 11.2. The molecule has 0 radical (unpaired) electrons. The average Bonchev–Trinajstić information content (AvgIpc) is 2.58. The molecule has 94 valence electrons. The number of nitrogens with zero attached hydrogens (tertiary/aromatic N) is 1. The number of piperidine rings is 1. The minimum atomic E-state index is 0.301. The van der Waals surface area contributed by atoms with Gasteiger partial charge in [-0.3, -0.25) is 9.69 Å². The summed E-state index contributed by atoms with van der Waals surface area (Å²) in [6, 6.07) is 8.43. The first-order valence-corrected chi connectivity index (χ1v) is 6.75. The maximum atomic E-state index is 12.2. The van der Waals surface area contributed by atoms with Gasteiger partial charge in [0, 0.05) is 29.1 Å². The van der Waals surface area contributed by atoms with Gasteiger partial charge in [0.05, 0.1) is 0 Å². The molecule has 2 heterocycles. The van der Waals surface area contributed by atoms with E-state index in [-0.39, 0.29) is 0 Å². The monoisotopic (exact) mass is 261 g/mol. The second-order valence-electron chi connectivity index (χ2n) is 5.19. The van der Waals surface area contributed by atoms with Crippen LogP contribution in [0.1, 0.15) is 24.8 Å². The highest BCUT2D eigenvalue weighted by Crippen LogP contribution is 2.36. The highest BCUT2D eigenvalue weighted by atomic mass is 35.5. The van der Waals surface area contributed by atoms with E-state index in [9.17, 15) is 4.79 Å². The number of carbonyl (C=O) groups is 1. The van der Waals surface area contributed by atoms with Crippen molar-refractivity contribution in [2.75, 3.05) is 7.05 Å². The maximum absolute atomic E-state index is 12.2. The predicted molar refractivity (Wildman–Crippen MR) is 73.6 cm³/mol. The Bertz CT molecular complexity index is 523. The Morgan fingerprint density at radius 1 is 1.39 bits per heavy atom. The van der Waals surface area contributed by atoms with Crippen LogP contribution in [-0.2, 0) is 4.79 Å². The van der Waals surface area contributed by atoms with Crippen molar-refractivity contribution in [2.45, 2.75) is 31.3 Å². The van der Waals surface area contributed by atoms with E-state index in [1.165, 1.54) is 0 Å². The Morgan fingerprint density at radius 2 is 2.22 bits per heavy atom. The van der Waals surface area contributed by atoms with Crippen molar-refractivity contribution >= 4 is 23.5 Å². The van der Waals surface area contributed by atoms with Gasteiger partial charge >= 0.3 is 0 Å². The summed E-state index contributed by atoms with van der Waals surface area (Å²) in [5, 5.41) is 0.713. The molecule has 2 atom stereocenters. The second kappa shape index (κ2) is 4.52. The van der Waals surface area contributed by atoms with Gasteiger partial charge in [-0.1, -0.05) is 23.7 Å². The van der Waals surface area contributed by atoms with E-state index in [0.717, 1.165) is 24.0 Å². The molecule has 0 saturated carbocycles. The SMILES string of the molecule is CN1C2CCC1/C(=C/c1cccc(Cl)c1)C(=O)C2. The van der Waals surface area contributed by atoms with E-state index in [2.05, 4.69) is 11.9 Å². The van der Waals surface area contributed by atoms with Gasteiger partial charge in [0.2, 0.25) is 0 Å². The van der Waals surface area contributed by atoms with Crippen molar-refractivity contribution in [2.24, 2.45) is 0 Å². The molecule has 3 rings (SSSR count). The summed E-state index contributed by atoms with van der Waals surface area (Å²) in [7, 11) is 2.13. The third-order valence-electron chi connectivity index (χ3n) is 4.11. The number of likely N-dealkylation sites (N-methyl/N-ethyl adjacent to an activating group) is 1. The fraction of sp³-hybridized carbons (Fsp3) is 0.400. The van der Waals surface area contributed by atoms with Crippen molar-refractivity contribution in [3.8, 4) is 0 Å². The van der Waals surface area contributed by atoms with Gasteiger partial charge in [0.25, 0.3) is 0 Å². The molecule has 0 N–H and O–H groups in total. The third kappa shape index (κ3) is 2.00. The molecule has 0 amide bonds. The standard InChI is InChI=1S/C15H16ClNO/c1-17-12-5-6-14(17)13(15(18)9-12)8-10-3-2-4-11(16)7-10/h2-4,7-8,12,14H,5-6,9H2,1H3/b13-8-. The molecule has 2 aliphatic heterocycles. The molecule has 2 saturated heterocycles. The maximum Gasteiger partial charge on any atom is 0.162 e. The highest BCUT2D eigenvalue weighted by Gasteiger charge is 2.41. The number of hydrogen-bond donors (Lipinski definition) is 0. The van der Waals surface area contributed by atoms with Gasteiger partial charge in [0.15, 0.2) is 5.78 Å². The number of Topliss-reactive ketones (excluding diaryl/α,β-unsaturated/α-hetero) is 1. The van der Waals surface area contributed by atoms with Gasteiger partial charge < -0.3 is 0 Å². The summed E-state index contributed by atoms with van der Waals surface area (Å²) in [6.07, 6.45) is 4.91. The number of halogens is 1. The average molecular weight is 262 g/mol. The van der Waals surface area contributed by atoms with Crippen LogP contribution in [0.4, 0.5) is 0 Å². The largest absolute Gasteiger partial charge is 0.296 e. The lowest BCUT2D eigenvalue weighted by Crippen LogP contribution is -2.41. The molecule has 1 aromatic rings. The quantitative estimate of drug-likeness (QED) is 0.724. The Morgan fingerprint density at radius 3 is 3.00 bits per heavy atom. The molecule has 2 nitrogen and oxygen atoms in total. The highest BCUT2D eigenvalue weighted by molar-refractivity contribution is 6.30. The van der Waals surface area contributed by atoms with Crippen molar-refractivity contribution in [1.29, 1.82) is 0 Å². The van der Waals surface area contributed by atoms with Crippen LogP contribution in [0, 0.1) is 0 Å². The van der Waals surface area contributed by atoms with Crippen LogP contribution in [0.15, 0.2) is 29.8 Å². The van der Waals surface area contributed by atoms with Crippen molar-refractivity contribution < 1.29 is 4.79 Å². The minimum absolute atomic E-state index is 0.301. The van der Waals surface area contributed by atoms with Crippen LogP contribution in [-0.4, -0.2) is 29.8 Å². The van der Waals surface area contributed by atoms with E-state index < -0.39 is 0 Å². The second-order valence-corrected chi connectivity index (χ2v) is 5.63. The van der Waals surface area contributed by atoms with Crippen LogP contribution in [0.25, 0.3) is 6.08 Å². The summed E-state index contributed by atoms with van der Waals surface area (Å²) in [6.45, 7) is 0. The molecule has 2 aliphatic rings. The number of ketones is 1. The zero-order chi connectivity index (χ0) is 12.7. The molecule has 0 aromatic heterocycles. The summed E-state index contributed by atoms with van der Waals surface area (Å²) in [5.74, 6) is 0.306. The molecule has 2 unspecified atom stereocenters. The van der Waals surface area contributed by atoms with Gasteiger partial charge in [-0.2, -0.15) is 0 Å². The van der Waals surface area contributed by atoms with Crippen molar-refractivity contribution in [3.05, 3.63) is 40.4 Å². The normalized spacial score (nSPS) is 30.1. The van der Waals surface area contributed by atoms with E-state index in [1.807, 2.05) is 30.3 Å². The van der Waals surface area contributed by atoms with Gasteiger partial charge in [-0.15, -0.1) is 0 Å². The van der Waals surface area contributed by atoms with Crippen molar-refractivity contribution in [3.63, 3.8) is 0 Å². The summed E-state index contributed by atoms with van der Waals surface area (Å²) >= 11 is 5.98. The van der Waals surface area contributed by atoms with Crippen LogP contribution in [0.3, 0.4) is 0 Å². The number of carbonyl (C=O) groups excluding carboxylic acids is 1. The fourth-order valence-corrected chi connectivity index (χ4v) is 3.30. The molecular weight excluding hydrogens is 246 g/mol. The first-order chi connectivity index (χ1) is 8.65. The zero-order valence-electron chi connectivity index (χ0n) is 10.4. The van der Waals surface area contributed by atoms with Gasteiger partial charge in [-0.05, 0) is 43.7 Å². The van der Waals surface area contributed by atoms with Gasteiger partial charge in [0.1, 0.15) is 0 Å². The van der Waals surface area contributed by atoms with E-state index >= 15 is 0 Å². The van der Waals surface area contributed by atoms with E-state index in [0.29, 0.717) is 29.3 Å². The lowest BCUT2D eigenvalue weighted by molar-refractivity contribution is -0.118. The van der Waals surface area contributed by atoms with Crippen LogP contribution in [0.2, 0.25) is 5.02 Å². The first kappa shape index (κ1) is 11.9. The summed E-state index contributed by atoms with van der Waals surface area (Å²) in [5.41, 5.74) is 1.97. The Kier molecular flexibility index (Phi) is 3.00. The van der Waals surface area contributed by atoms with Crippen LogP contribution in [0.5, 0.6) is 0 Å². The summed E-state index contributed by atoms with van der Waals surface area (Å²) in [4.78, 5) is 14.5. The summed E-state index contributed by atoms with van der Waals surface area (Å²) < 4.78 is 0. The molecule has 2 fully saturated rings. The third-order valence-corrected chi connectivity index (χ3v) is 4.35. The Labute approximate surface area is 112 Å². The molecule has 0 spiro atoms. The van der Waals surface area contributed by atoms with Gasteiger partial charge in [-0.25, -0.2) is 0 Å². The molecule has 18 heavy (non-hydrogen) atoms. The smallest absolute Gasteiger partial charge is 0.162 e. The first-order valence-electron chi connectivity index (χ1n) is 6.37. The number of rotatable bonds is 1. The van der Waals surface area contributed by atoms with Crippen LogP contribution < -0.4 is 0 Å². The minimum Gasteiger partial charge on any atom is -0.296 e. The number of fused-ring (bicyclic) bond motifs is 2. The molecule has 2 bridgehead atoms. The van der Waals surface area contributed by atoms with E-state index in [1.54, 1.807) is 0 Å². The van der Waals surface area contributed by atoms with Crippen molar-refractivity contribution in [1.82, 2.24) is 4.90 Å². The number of hydrogen-bond acceptors (Lipinski definition) is 2. The lowest BCUT2D eigenvalue weighted by Gasteiger charge is -2.32. The molecule has 3 heteroatoms. The molecule has 1 aromatic carbocycles. The lowest BCUT2D eigenvalue weighted by atomic mass is 9.94.